The van der Waals surface area contributed by atoms with Crippen molar-refractivity contribution in [3.8, 4) is 0 Å². The fraction of sp³-hybridized carbons (Fsp3) is 0.667. The smallest absolute Gasteiger partial charge is 0.240 e. The van der Waals surface area contributed by atoms with Crippen molar-refractivity contribution in [3.05, 3.63) is 12.2 Å². The van der Waals surface area contributed by atoms with Crippen molar-refractivity contribution >= 4 is 0 Å². The summed E-state index contributed by atoms with van der Waals surface area (Å²) in [6.07, 6.45) is 1.41. The highest BCUT2D eigenvalue weighted by Gasteiger charge is 2.23. The van der Waals surface area contributed by atoms with Crippen LogP contribution in [0.4, 0.5) is 0 Å². The first-order valence-electron chi connectivity index (χ1n) is 3.58. The van der Waals surface area contributed by atoms with Crippen molar-refractivity contribution in [2.75, 3.05) is 13.1 Å². The molecule has 0 atom stereocenters. The molecule has 0 spiro atoms. The Morgan fingerprint density at radius 2 is 2.55 bits per heavy atom. The SMILES string of the molecule is NC1CN(Cc2ncno2)C1. The lowest BCUT2D eigenvalue weighted by atomic mass is 10.1. The number of likely N-dealkylation sites (tertiary alicyclic amines) is 1. The quantitative estimate of drug-likeness (QED) is 0.604. The first kappa shape index (κ1) is 6.75. The molecule has 0 unspecified atom stereocenters. The Balaban J connectivity index is 1.84. The standard InChI is InChI=1S/C6H10N4O/c7-5-1-10(2-5)3-6-8-4-9-11-6/h4-5H,1-3,7H2. The molecule has 1 aromatic heterocycles. The monoisotopic (exact) mass is 154 g/mol. The summed E-state index contributed by atoms with van der Waals surface area (Å²) >= 11 is 0. The number of rotatable bonds is 2. The van der Waals surface area contributed by atoms with Crippen LogP contribution in [0, 0.1) is 0 Å². The Hall–Kier alpha value is -0.940. The highest BCUT2D eigenvalue weighted by Crippen LogP contribution is 2.08. The molecule has 60 valence electrons. The van der Waals surface area contributed by atoms with Crippen LogP contribution in [0.2, 0.25) is 0 Å². The molecule has 2 rings (SSSR count). The molecule has 0 radical (unpaired) electrons. The molecule has 2 N–H and O–H groups in total. The molecular formula is C6H10N4O. The van der Waals surface area contributed by atoms with Crippen LogP contribution in [0.5, 0.6) is 0 Å². The molecular weight excluding hydrogens is 144 g/mol. The third-order valence-corrected chi connectivity index (χ3v) is 1.75. The van der Waals surface area contributed by atoms with Crippen LogP contribution in [0.25, 0.3) is 0 Å². The van der Waals surface area contributed by atoms with E-state index >= 15 is 0 Å². The molecule has 5 heteroatoms. The second-order valence-corrected chi connectivity index (χ2v) is 2.79. The second-order valence-electron chi connectivity index (χ2n) is 2.79. The van der Waals surface area contributed by atoms with E-state index in [1.165, 1.54) is 6.33 Å². The predicted octanol–water partition coefficient (Wildman–Crippen LogP) is -0.788. The predicted molar refractivity (Wildman–Crippen MR) is 37.6 cm³/mol. The molecule has 0 saturated carbocycles. The zero-order chi connectivity index (χ0) is 7.68. The summed E-state index contributed by atoms with van der Waals surface area (Å²) in [7, 11) is 0. The lowest BCUT2D eigenvalue weighted by Crippen LogP contribution is -2.54. The van der Waals surface area contributed by atoms with E-state index in [-0.39, 0.29) is 0 Å². The summed E-state index contributed by atoms with van der Waals surface area (Å²) in [5.41, 5.74) is 5.59. The van der Waals surface area contributed by atoms with Gasteiger partial charge in [0.2, 0.25) is 5.89 Å². The van der Waals surface area contributed by atoms with Gasteiger partial charge in [0.25, 0.3) is 0 Å². The molecule has 1 fully saturated rings. The third kappa shape index (κ3) is 1.38. The van der Waals surface area contributed by atoms with Crippen LogP contribution in [-0.2, 0) is 6.54 Å². The second kappa shape index (κ2) is 2.60. The van der Waals surface area contributed by atoms with Gasteiger partial charge in [-0.15, -0.1) is 0 Å². The minimum Gasteiger partial charge on any atom is -0.338 e. The van der Waals surface area contributed by atoms with Crippen LogP contribution in [0.1, 0.15) is 5.89 Å². The van der Waals surface area contributed by atoms with Gasteiger partial charge in [-0.3, -0.25) is 4.90 Å². The fourth-order valence-corrected chi connectivity index (χ4v) is 1.20. The third-order valence-electron chi connectivity index (χ3n) is 1.75. The molecule has 1 aliphatic heterocycles. The highest BCUT2D eigenvalue weighted by atomic mass is 16.5. The minimum atomic E-state index is 0.331. The van der Waals surface area contributed by atoms with E-state index in [1.54, 1.807) is 0 Å². The van der Waals surface area contributed by atoms with Gasteiger partial charge in [0.05, 0.1) is 6.54 Å². The molecule has 1 saturated heterocycles. The molecule has 11 heavy (non-hydrogen) atoms. The molecule has 0 amide bonds. The van der Waals surface area contributed by atoms with Gasteiger partial charge in [-0.1, -0.05) is 5.16 Å². The van der Waals surface area contributed by atoms with Crippen LogP contribution in [0.3, 0.4) is 0 Å². The Morgan fingerprint density at radius 1 is 1.73 bits per heavy atom. The summed E-state index contributed by atoms with van der Waals surface area (Å²) in [6.45, 7) is 2.60. The molecule has 2 heterocycles. The van der Waals surface area contributed by atoms with Gasteiger partial charge in [0.15, 0.2) is 6.33 Å². The lowest BCUT2D eigenvalue weighted by Gasteiger charge is -2.35. The van der Waals surface area contributed by atoms with Crippen LogP contribution < -0.4 is 5.73 Å². The number of nitrogens with zero attached hydrogens (tertiary/aromatic N) is 3. The van der Waals surface area contributed by atoms with E-state index in [4.69, 9.17) is 10.3 Å². The maximum absolute atomic E-state index is 5.59. The van der Waals surface area contributed by atoms with Gasteiger partial charge < -0.3 is 10.3 Å². The Bertz CT molecular complexity index is 216. The van der Waals surface area contributed by atoms with E-state index in [1.807, 2.05) is 0 Å². The van der Waals surface area contributed by atoms with Gasteiger partial charge in [0.1, 0.15) is 0 Å². The van der Waals surface area contributed by atoms with E-state index in [2.05, 4.69) is 15.0 Å². The lowest BCUT2D eigenvalue weighted by molar-refractivity contribution is 0.125. The van der Waals surface area contributed by atoms with Gasteiger partial charge in [0, 0.05) is 19.1 Å². The van der Waals surface area contributed by atoms with Crippen LogP contribution in [-0.4, -0.2) is 34.2 Å². The zero-order valence-electron chi connectivity index (χ0n) is 6.10. The Labute approximate surface area is 64.2 Å². The van der Waals surface area contributed by atoms with Crippen molar-refractivity contribution in [2.24, 2.45) is 5.73 Å². The normalized spacial score (nSPS) is 20.1. The first-order valence-corrected chi connectivity index (χ1v) is 3.58. The van der Waals surface area contributed by atoms with Crippen LogP contribution >= 0.6 is 0 Å². The average molecular weight is 154 g/mol. The maximum atomic E-state index is 5.59. The zero-order valence-corrected chi connectivity index (χ0v) is 6.10. The van der Waals surface area contributed by atoms with Gasteiger partial charge in [-0.25, -0.2) is 0 Å². The molecule has 0 aromatic carbocycles. The summed E-state index contributed by atoms with van der Waals surface area (Å²) in [6, 6.07) is 0.331. The van der Waals surface area contributed by atoms with Crippen molar-refractivity contribution in [3.63, 3.8) is 0 Å². The van der Waals surface area contributed by atoms with Crippen LogP contribution in [0.15, 0.2) is 10.9 Å². The number of nitrogens with two attached hydrogens (primary N) is 1. The summed E-state index contributed by atoms with van der Waals surface area (Å²) in [5.74, 6) is 0.664. The van der Waals surface area contributed by atoms with Crippen molar-refractivity contribution in [1.29, 1.82) is 0 Å². The summed E-state index contributed by atoms with van der Waals surface area (Å²) < 4.78 is 4.83. The number of aromatic nitrogens is 2. The summed E-state index contributed by atoms with van der Waals surface area (Å²) in [4.78, 5) is 6.07. The Morgan fingerprint density at radius 3 is 3.09 bits per heavy atom. The van der Waals surface area contributed by atoms with E-state index < -0.39 is 0 Å². The average Bonchev–Trinajstić information content (AvgIpc) is 2.36. The first-order chi connectivity index (χ1) is 5.34. The van der Waals surface area contributed by atoms with Gasteiger partial charge >= 0.3 is 0 Å². The van der Waals surface area contributed by atoms with Gasteiger partial charge in [-0.05, 0) is 0 Å². The molecule has 0 aliphatic carbocycles. The summed E-state index contributed by atoms with van der Waals surface area (Å²) in [5, 5.41) is 3.51. The molecule has 1 aliphatic rings. The van der Waals surface area contributed by atoms with Crippen molar-refractivity contribution in [2.45, 2.75) is 12.6 Å². The maximum Gasteiger partial charge on any atom is 0.240 e. The van der Waals surface area contributed by atoms with E-state index in [9.17, 15) is 0 Å². The molecule has 1 aromatic rings. The van der Waals surface area contributed by atoms with Gasteiger partial charge in [-0.2, -0.15) is 4.98 Å². The van der Waals surface area contributed by atoms with Crippen molar-refractivity contribution < 1.29 is 4.52 Å². The largest absolute Gasteiger partial charge is 0.338 e. The topological polar surface area (TPSA) is 68.2 Å². The fourth-order valence-electron chi connectivity index (χ4n) is 1.20. The highest BCUT2D eigenvalue weighted by molar-refractivity contribution is 4.86. The number of hydrogen-bond acceptors (Lipinski definition) is 5. The molecule has 5 nitrogen and oxygen atoms in total. The molecule has 0 bridgehead atoms. The Kier molecular flexibility index (Phi) is 1.59. The van der Waals surface area contributed by atoms with E-state index in [0.29, 0.717) is 11.9 Å². The number of hydrogen-bond donors (Lipinski definition) is 1. The minimum absolute atomic E-state index is 0.331. The van der Waals surface area contributed by atoms with E-state index in [0.717, 1.165) is 19.6 Å². The van der Waals surface area contributed by atoms with Crippen molar-refractivity contribution in [1.82, 2.24) is 15.0 Å².